The van der Waals surface area contributed by atoms with Gasteiger partial charge in [-0.05, 0) is 13.5 Å². The number of aryl methyl sites for hydroxylation is 1. The van der Waals surface area contributed by atoms with Crippen LogP contribution in [0.2, 0.25) is 0 Å². The SMILES string of the molecule is CCc1nc(C2CN3CCN2CC3)sc1CNC. The third-order valence-corrected chi connectivity index (χ3v) is 5.23. The second-order valence-corrected chi connectivity index (χ2v) is 6.27. The van der Waals surface area contributed by atoms with Crippen molar-refractivity contribution >= 4 is 11.3 Å². The van der Waals surface area contributed by atoms with Crippen LogP contribution in [0.1, 0.15) is 28.5 Å². The Hall–Kier alpha value is -0.490. The Morgan fingerprint density at radius 3 is 2.67 bits per heavy atom. The fraction of sp³-hybridized carbons (Fsp3) is 0.769. The Bertz CT molecular complexity index is 409. The Morgan fingerprint density at radius 1 is 1.33 bits per heavy atom. The minimum absolute atomic E-state index is 0.549. The van der Waals surface area contributed by atoms with Gasteiger partial charge in [0.05, 0.1) is 11.7 Å². The Labute approximate surface area is 113 Å². The van der Waals surface area contributed by atoms with Crippen molar-refractivity contribution in [1.29, 1.82) is 0 Å². The van der Waals surface area contributed by atoms with Crippen LogP contribution in [0.5, 0.6) is 0 Å². The van der Waals surface area contributed by atoms with Crippen LogP contribution in [0, 0.1) is 0 Å². The largest absolute Gasteiger partial charge is 0.315 e. The average molecular weight is 266 g/mol. The molecule has 1 aromatic rings. The Kier molecular flexibility index (Phi) is 3.66. The number of hydrogen-bond donors (Lipinski definition) is 1. The lowest BCUT2D eigenvalue weighted by atomic mass is 10.1. The molecule has 3 aliphatic heterocycles. The first-order valence-electron chi connectivity index (χ1n) is 6.91. The van der Waals surface area contributed by atoms with Crippen LogP contribution in [0.4, 0.5) is 0 Å². The molecule has 4 nitrogen and oxygen atoms in total. The highest BCUT2D eigenvalue weighted by atomic mass is 32.1. The molecule has 0 aliphatic carbocycles. The maximum atomic E-state index is 4.90. The summed E-state index contributed by atoms with van der Waals surface area (Å²) in [6, 6.07) is 0.549. The average Bonchev–Trinajstić information content (AvgIpc) is 2.83. The van der Waals surface area contributed by atoms with Gasteiger partial charge in [0.15, 0.2) is 0 Å². The van der Waals surface area contributed by atoms with Crippen LogP contribution >= 0.6 is 11.3 Å². The van der Waals surface area contributed by atoms with Crippen LogP contribution in [0.25, 0.3) is 0 Å². The summed E-state index contributed by atoms with van der Waals surface area (Å²) in [6.07, 6.45) is 1.05. The van der Waals surface area contributed by atoms with Crippen molar-refractivity contribution in [3.8, 4) is 0 Å². The van der Waals surface area contributed by atoms with Gasteiger partial charge in [-0.3, -0.25) is 9.80 Å². The number of rotatable bonds is 4. The molecule has 1 N–H and O–H groups in total. The molecule has 4 rings (SSSR count). The van der Waals surface area contributed by atoms with Crippen molar-refractivity contribution < 1.29 is 0 Å². The summed E-state index contributed by atoms with van der Waals surface area (Å²) >= 11 is 1.91. The van der Waals surface area contributed by atoms with E-state index in [1.807, 2.05) is 18.4 Å². The summed E-state index contributed by atoms with van der Waals surface area (Å²) in [7, 11) is 2.01. The molecule has 4 heterocycles. The predicted octanol–water partition coefficient (Wildman–Crippen LogP) is 1.10. The molecule has 3 aliphatic rings. The fourth-order valence-electron chi connectivity index (χ4n) is 2.97. The summed E-state index contributed by atoms with van der Waals surface area (Å²) in [4.78, 5) is 11.5. The molecular formula is C13H22N4S. The number of aromatic nitrogens is 1. The minimum Gasteiger partial charge on any atom is -0.315 e. The van der Waals surface area contributed by atoms with E-state index in [2.05, 4.69) is 22.0 Å². The molecule has 0 amide bonds. The van der Waals surface area contributed by atoms with E-state index in [0.717, 1.165) is 13.0 Å². The maximum absolute atomic E-state index is 4.90. The second kappa shape index (κ2) is 5.25. The standard InChI is InChI=1S/C13H22N4S/c1-3-10-12(8-14-2)18-13(15-10)11-9-16-4-6-17(11)7-5-16/h11,14H,3-9H2,1-2H3. The van der Waals surface area contributed by atoms with Gasteiger partial charge in [-0.2, -0.15) is 0 Å². The molecule has 1 atom stereocenters. The number of thiazole rings is 1. The molecule has 0 aromatic carbocycles. The van der Waals surface area contributed by atoms with Crippen LogP contribution < -0.4 is 5.32 Å². The van der Waals surface area contributed by atoms with Gasteiger partial charge in [0.2, 0.25) is 0 Å². The third kappa shape index (κ3) is 2.20. The molecule has 18 heavy (non-hydrogen) atoms. The van der Waals surface area contributed by atoms with Gasteiger partial charge in [0.25, 0.3) is 0 Å². The highest BCUT2D eigenvalue weighted by Crippen LogP contribution is 2.33. The first-order valence-corrected chi connectivity index (χ1v) is 7.73. The summed E-state index contributed by atoms with van der Waals surface area (Å²) in [5.41, 5.74) is 1.29. The molecule has 0 spiro atoms. The van der Waals surface area contributed by atoms with Crippen molar-refractivity contribution in [2.24, 2.45) is 0 Å². The zero-order chi connectivity index (χ0) is 12.5. The van der Waals surface area contributed by atoms with E-state index in [-0.39, 0.29) is 0 Å². The van der Waals surface area contributed by atoms with Gasteiger partial charge in [-0.25, -0.2) is 4.98 Å². The van der Waals surface area contributed by atoms with E-state index in [0.29, 0.717) is 6.04 Å². The van der Waals surface area contributed by atoms with E-state index < -0.39 is 0 Å². The van der Waals surface area contributed by atoms with Gasteiger partial charge in [0.1, 0.15) is 5.01 Å². The summed E-state index contributed by atoms with van der Waals surface area (Å²) < 4.78 is 0. The van der Waals surface area contributed by atoms with E-state index in [4.69, 9.17) is 4.98 Å². The van der Waals surface area contributed by atoms with E-state index in [1.54, 1.807) is 0 Å². The number of nitrogens with zero attached hydrogens (tertiary/aromatic N) is 3. The van der Waals surface area contributed by atoms with Crippen LogP contribution in [-0.2, 0) is 13.0 Å². The highest BCUT2D eigenvalue weighted by Gasteiger charge is 2.34. The van der Waals surface area contributed by atoms with Gasteiger partial charge in [-0.15, -0.1) is 11.3 Å². The van der Waals surface area contributed by atoms with Crippen LogP contribution in [0.3, 0.4) is 0 Å². The molecule has 5 heteroatoms. The van der Waals surface area contributed by atoms with Crippen molar-refractivity contribution in [3.63, 3.8) is 0 Å². The van der Waals surface area contributed by atoms with Gasteiger partial charge < -0.3 is 5.32 Å². The zero-order valence-electron chi connectivity index (χ0n) is 11.3. The third-order valence-electron chi connectivity index (χ3n) is 4.03. The van der Waals surface area contributed by atoms with Crippen molar-refractivity contribution in [3.05, 3.63) is 15.6 Å². The van der Waals surface area contributed by atoms with Gasteiger partial charge >= 0.3 is 0 Å². The van der Waals surface area contributed by atoms with Crippen LogP contribution in [-0.4, -0.2) is 54.6 Å². The lowest BCUT2D eigenvalue weighted by Crippen LogP contribution is -2.56. The number of fused-ring (bicyclic) bond motifs is 3. The zero-order valence-corrected chi connectivity index (χ0v) is 12.1. The maximum Gasteiger partial charge on any atom is 0.112 e. The molecule has 3 fully saturated rings. The van der Waals surface area contributed by atoms with Crippen LogP contribution in [0.15, 0.2) is 0 Å². The van der Waals surface area contributed by atoms with E-state index in [1.165, 1.54) is 48.3 Å². The topological polar surface area (TPSA) is 31.4 Å². The summed E-state index contributed by atoms with van der Waals surface area (Å²) in [6.45, 7) is 9.25. The normalized spacial score (nSPS) is 30.9. The lowest BCUT2D eigenvalue weighted by molar-refractivity contribution is 0.0122. The molecule has 2 bridgehead atoms. The molecule has 1 unspecified atom stereocenters. The summed E-state index contributed by atoms with van der Waals surface area (Å²) in [5.74, 6) is 0. The Morgan fingerprint density at radius 2 is 2.11 bits per heavy atom. The quantitative estimate of drug-likeness (QED) is 0.884. The first kappa shape index (κ1) is 12.5. The number of piperazine rings is 3. The summed E-state index contributed by atoms with van der Waals surface area (Å²) in [5, 5.41) is 4.59. The number of hydrogen-bond acceptors (Lipinski definition) is 5. The van der Waals surface area contributed by atoms with Crippen molar-refractivity contribution in [1.82, 2.24) is 20.1 Å². The monoisotopic (exact) mass is 266 g/mol. The van der Waals surface area contributed by atoms with E-state index >= 15 is 0 Å². The molecule has 100 valence electrons. The number of nitrogens with one attached hydrogen (secondary N) is 1. The lowest BCUT2D eigenvalue weighted by Gasteiger charge is -2.46. The molecule has 0 saturated carbocycles. The predicted molar refractivity (Wildman–Crippen MR) is 75.0 cm³/mol. The molecular weight excluding hydrogens is 244 g/mol. The molecule has 0 radical (unpaired) electrons. The fourth-order valence-corrected chi connectivity index (χ4v) is 4.26. The molecule has 3 saturated heterocycles. The second-order valence-electron chi connectivity index (χ2n) is 5.16. The van der Waals surface area contributed by atoms with Gasteiger partial charge in [-0.1, -0.05) is 6.92 Å². The molecule has 1 aromatic heterocycles. The first-order chi connectivity index (χ1) is 8.81. The van der Waals surface area contributed by atoms with E-state index in [9.17, 15) is 0 Å². The Balaban J connectivity index is 1.83. The minimum atomic E-state index is 0.549. The van der Waals surface area contributed by atoms with Crippen molar-refractivity contribution in [2.75, 3.05) is 39.8 Å². The smallest absolute Gasteiger partial charge is 0.112 e. The van der Waals surface area contributed by atoms with Crippen molar-refractivity contribution in [2.45, 2.75) is 25.9 Å². The highest BCUT2D eigenvalue weighted by molar-refractivity contribution is 7.11. The van der Waals surface area contributed by atoms with Gasteiger partial charge in [0, 0.05) is 44.1 Å².